The van der Waals surface area contributed by atoms with E-state index in [0.29, 0.717) is 17.5 Å². The molecule has 0 bridgehead atoms. The first kappa shape index (κ1) is 21.0. The first-order chi connectivity index (χ1) is 12.2. The number of fused-ring (bicyclic) bond motifs is 1. The summed E-state index contributed by atoms with van der Waals surface area (Å²) < 4.78 is 3.38. The number of hydrogen-bond acceptors (Lipinski definition) is 5. The number of nitrogens with zero attached hydrogens (tertiary/aromatic N) is 1. The fourth-order valence-corrected chi connectivity index (χ4v) is 2.71. The van der Waals surface area contributed by atoms with Crippen LogP contribution in [0.25, 0.3) is 11.0 Å². The van der Waals surface area contributed by atoms with Crippen LogP contribution < -0.4 is 16.3 Å². The molecule has 2 N–H and O–H groups in total. The van der Waals surface area contributed by atoms with E-state index >= 15 is 0 Å². The molecule has 1 aromatic carbocycles. The predicted octanol–water partition coefficient (Wildman–Crippen LogP) is 2.76. The maximum absolute atomic E-state index is 12.5. The molecule has 142 valence electrons. The average molecular weight is 421 g/mol. The highest BCUT2D eigenvalue weighted by atomic mass is 35.6. The SMILES string of the molecule is CN(C)CCCNC(NC(=O)c1cc2ccccc2oc1=O)C(Cl)(Cl)Cl. The minimum absolute atomic E-state index is 0.155. The molecule has 0 saturated carbocycles. The molecule has 0 fully saturated rings. The zero-order chi connectivity index (χ0) is 19.3. The van der Waals surface area contributed by atoms with Crippen molar-refractivity contribution in [1.82, 2.24) is 15.5 Å². The van der Waals surface area contributed by atoms with Crippen molar-refractivity contribution in [3.8, 4) is 0 Å². The molecule has 1 atom stereocenters. The van der Waals surface area contributed by atoms with Crippen LogP contribution in [-0.4, -0.2) is 48.0 Å². The molecule has 9 heteroatoms. The molecule has 6 nitrogen and oxygen atoms in total. The number of amides is 1. The number of rotatable bonds is 7. The number of alkyl halides is 3. The molecule has 2 rings (SSSR count). The van der Waals surface area contributed by atoms with Crippen LogP contribution in [0.15, 0.2) is 39.5 Å². The largest absolute Gasteiger partial charge is 0.422 e. The summed E-state index contributed by atoms with van der Waals surface area (Å²) in [7, 11) is 3.90. The lowest BCUT2D eigenvalue weighted by Crippen LogP contribution is -2.54. The Morgan fingerprint density at radius 1 is 1.27 bits per heavy atom. The van der Waals surface area contributed by atoms with E-state index in [1.54, 1.807) is 24.3 Å². The standard InChI is InChI=1S/C17H20Cl3N3O3/c1-23(2)9-5-8-21-16(17(18,19)20)22-14(24)12-10-11-6-3-4-7-13(11)26-15(12)25/h3-4,6-7,10,16,21H,5,8-9H2,1-2H3,(H,22,24). The van der Waals surface area contributed by atoms with E-state index in [1.807, 2.05) is 19.0 Å². The molecule has 0 aliphatic rings. The van der Waals surface area contributed by atoms with Crippen molar-refractivity contribution in [2.45, 2.75) is 16.4 Å². The third-order valence-corrected chi connectivity index (χ3v) is 4.27. The van der Waals surface area contributed by atoms with E-state index < -0.39 is 21.5 Å². The average Bonchev–Trinajstić information content (AvgIpc) is 2.55. The van der Waals surface area contributed by atoms with Crippen molar-refractivity contribution in [3.05, 3.63) is 46.3 Å². The molecular formula is C17H20Cl3N3O3. The number of hydrogen-bond donors (Lipinski definition) is 2. The summed E-state index contributed by atoms with van der Waals surface area (Å²) in [4.78, 5) is 26.6. The van der Waals surface area contributed by atoms with Crippen molar-refractivity contribution in [2.24, 2.45) is 0 Å². The van der Waals surface area contributed by atoms with Gasteiger partial charge in [0.2, 0.25) is 3.79 Å². The summed E-state index contributed by atoms with van der Waals surface area (Å²) in [5.74, 6) is -0.680. The van der Waals surface area contributed by atoms with Crippen LogP contribution in [0.1, 0.15) is 16.8 Å². The molecule has 26 heavy (non-hydrogen) atoms. The second kappa shape index (κ2) is 9.06. The lowest BCUT2D eigenvalue weighted by molar-refractivity contribution is 0.0926. The molecule has 1 unspecified atom stereocenters. The zero-order valence-electron chi connectivity index (χ0n) is 14.4. The Morgan fingerprint density at radius 2 is 1.96 bits per heavy atom. The van der Waals surface area contributed by atoms with Gasteiger partial charge in [-0.15, -0.1) is 0 Å². The third-order valence-electron chi connectivity index (χ3n) is 3.62. The summed E-state index contributed by atoms with van der Waals surface area (Å²) in [5, 5.41) is 6.16. The smallest absolute Gasteiger partial charge is 0.349 e. The van der Waals surface area contributed by atoms with Gasteiger partial charge in [0.25, 0.3) is 5.91 Å². The van der Waals surface area contributed by atoms with Crippen LogP contribution in [-0.2, 0) is 0 Å². The van der Waals surface area contributed by atoms with Gasteiger partial charge in [0.05, 0.1) is 0 Å². The van der Waals surface area contributed by atoms with Crippen LogP contribution in [0.4, 0.5) is 0 Å². The first-order valence-corrected chi connectivity index (χ1v) is 9.10. The molecule has 0 saturated heterocycles. The van der Waals surface area contributed by atoms with Gasteiger partial charge in [-0.1, -0.05) is 53.0 Å². The highest BCUT2D eigenvalue weighted by Gasteiger charge is 2.34. The lowest BCUT2D eigenvalue weighted by Gasteiger charge is -2.26. The minimum atomic E-state index is -1.79. The van der Waals surface area contributed by atoms with Crippen LogP contribution in [0.5, 0.6) is 0 Å². The molecule has 1 heterocycles. The Kier molecular flexibility index (Phi) is 7.32. The highest BCUT2D eigenvalue weighted by Crippen LogP contribution is 2.29. The van der Waals surface area contributed by atoms with Gasteiger partial charge >= 0.3 is 5.63 Å². The van der Waals surface area contributed by atoms with Gasteiger partial charge in [-0.3, -0.25) is 10.1 Å². The summed E-state index contributed by atoms with van der Waals surface area (Å²) >= 11 is 17.8. The van der Waals surface area contributed by atoms with E-state index in [0.717, 1.165) is 13.0 Å². The summed E-state index contributed by atoms with van der Waals surface area (Å²) in [6.45, 7) is 1.35. The first-order valence-electron chi connectivity index (χ1n) is 7.97. The molecule has 0 spiro atoms. The fourth-order valence-electron chi connectivity index (χ4n) is 2.32. The quantitative estimate of drug-likeness (QED) is 0.312. The van der Waals surface area contributed by atoms with Gasteiger partial charge in [-0.25, -0.2) is 4.79 Å². The minimum Gasteiger partial charge on any atom is -0.422 e. The summed E-state index contributed by atoms with van der Waals surface area (Å²) in [6.07, 6.45) is -0.175. The molecule has 0 radical (unpaired) electrons. The van der Waals surface area contributed by atoms with E-state index in [1.165, 1.54) is 6.07 Å². The van der Waals surface area contributed by atoms with Gasteiger partial charge in [-0.2, -0.15) is 0 Å². The fraction of sp³-hybridized carbons (Fsp3) is 0.412. The normalized spacial score (nSPS) is 13.2. The van der Waals surface area contributed by atoms with Gasteiger partial charge in [-0.05, 0) is 45.7 Å². The number of nitrogens with one attached hydrogen (secondary N) is 2. The van der Waals surface area contributed by atoms with E-state index in [4.69, 9.17) is 39.2 Å². The van der Waals surface area contributed by atoms with Crippen LogP contribution in [0.3, 0.4) is 0 Å². The number of benzene rings is 1. The number of carbonyl (C=O) groups excluding carboxylic acids is 1. The number of para-hydroxylation sites is 1. The molecule has 0 aliphatic carbocycles. The second-order valence-corrected chi connectivity index (χ2v) is 8.41. The number of carbonyl (C=O) groups is 1. The van der Waals surface area contributed by atoms with Gasteiger partial charge in [0, 0.05) is 5.39 Å². The van der Waals surface area contributed by atoms with Crippen molar-refractivity contribution >= 4 is 51.7 Å². The molecule has 1 amide bonds. The van der Waals surface area contributed by atoms with Gasteiger partial charge in [0.1, 0.15) is 17.3 Å². The Morgan fingerprint density at radius 3 is 2.62 bits per heavy atom. The van der Waals surface area contributed by atoms with Crippen LogP contribution in [0, 0.1) is 0 Å². The Hall–Kier alpha value is -1.31. The van der Waals surface area contributed by atoms with Crippen molar-refractivity contribution in [2.75, 3.05) is 27.2 Å². The molecule has 2 aromatic rings. The van der Waals surface area contributed by atoms with Crippen molar-refractivity contribution < 1.29 is 9.21 Å². The van der Waals surface area contributed by atoms with Crippen molar-refractivity contribution in [3.63, 3.8) is 0 Å². The monoisotopic (exact) mass is 419 g/mol. The Balaban J connectivity index is 2.13. The number of halogens is 3. The van der Waals surface area contributed by atoms with E-state index in [2.05, 4.69) is 10.6 Å². The summed E-state index contributed by atoms with van der Waals surface area (Å²) in [5.41, 5.74) is -0.510. The van der Waals surface area contributed by atoms with Gasteiger partial charge in [0.15, 0.2) is 0 Å². The molecule has 1 aromatic heterocycles. The summed E-state index contributed by atoms with van der Waals surface area (Å²) in [6, 6.07) is 8.36. The maximum atomic E-state index is 12.5. The lowest BCUT2D eigenvalue weighted by atomic mass is 10.2. The predicted molar refractivity (Wildman–Crippen MR) is 105 cm³/mol. The van der Waals surface area contributed by atoms with E-state index in [9.17, 15) is 9.59 Å². The zero-order valence-corrected chi connectivity index (χ0v) is 16.7. The van der Waals surface area contributed by atoms with Crippen molar-refractivity contribution in [1.29, 1.82) is 0 Å². The maximum Gasteiger partial charge on any atom is 0.349 e. The molecule has 0 aliphatic heterocycles. The molecular weight excluding hydrogens is 401 g/mol. The second-order valence-electron chi connectivity index (χ2n) is 6.04. The Bertz CT molecular complexity index is 818. The van der Waals surface area contributed by atoms with Crippen LogP contribution in [0.2, 0.25) is 0 Å². The third kappa shape index (κ3) is 5.86. The topological polar surface area (TPSA) is 74.6 Å². The van der Waals surface area contributed by atoms with E-state index in [-0.39, 0.29) is 5.56 Å². The highest BCUT2D eigenvalue weighted by molar-refractivity contribution is 6.68. The van der Waals surface area contributed by atoms with Crippen LogP contribution >= 0.6 is 34.8 Å². The Labute approximate surface area is 166 Å². The van der Waals surface area contributed by atoms with Gasteiger partial charge < -0.3 is 14.6 Å².